The number of benzene rings is 1. The summed E-state index contributed by atoms with van der Waals surface area (Å²) in [5.41, 5.74) is 0.850. The molecule has 1 aromatic rings. The lowest BCUT2D eigenvalue weighted by atomic mass is 10.3. The summed E-state index contributed by atoms with van der Waals surface area (Å²) in [5, 5.41) is 12.2. The van der Waals surface area contributed by atoms with Gasteiger partial charge in [-0.2, -0.15) is 0 Å². The van der Waals surface area contributed by atoms with Gasteiger partial charge >= 0.3 is 5.97 Å². The first-order valence-electron chi connectivity index (χ1n) is 4.50. The van der Waals surface area contributed by atoms with Crippen molar-refractivity contribution in [1.29, 1.82) is 0 Å². The third-order valence-corrected chi connectivity index (χ3v) is 2.80. The molecule has 0 fully saturated rings. The average molecular weight is 340 g/mol. The summed E-state index contributed by atoms with van der Waals surface area (Å²) in [5.74, 6) is -0.773. The number of hydrogen-bond acceptors (Lipinski definition) is 2. The van der Waals surface area contributed by atoms with Crippen LogP contribution in [-0.2, 0) is 4.79 Å². The van der Waals surface area contributed by atoms with Crippen LogP contribution < -0.4 is 5.32 Å². The van der Waals surface area contributed by atoms with Gasteiger partial charge in [0.1, 0.15) is 0 Å². The summed E-state index contributed by atoms with van der Waals surface area (Å²) in [6.07, 6.45) is 0.770. The molecular weight excluding hydrogens is 328 g/mol. The molecule has 0 aliphatic carbocycles. The van der Waals surface area contributed by atoms with Crippen molar-refractivity contribution in [3.05, 3.63) is 26.8 Å². The molecule has 82 valence electrons. The first-order valence-corrected chi connectivity index (χ1v) is 5.96. The minimum atomic E-state index is -0.773. The molecule has 0 atom stereocenters. The van der Waals surface area contributed by atoms with Crippen LogP contribution in [0.25, 0.3) is 0 Å². The van der Waals surface area contributed by atoms with E-state index >= 15 is 0 Å². The molecule has 0 aliphatic heterocycles. The zero-order valence-electron chi connectivity index (χ0n) is 7.96. The zero-order valence-corrected chi connectivity index (χ0v) is 10.9. The van der Waals surface area contributed by atoms with Crippen LogP contribution in [0.15, 0.2) is 18.2 Å². The van der Waals surface area contributed by atoms with E-state index < -0.39 is 5.97 Å². The van der Waals surface area contributed by atoms with E-state index in [1.165, 1.54) is 0 Å². The Morgan fingerprint density at radius 2 is 2.27 bits per heavy atom. The van der Waals surface area contributed by atoms with Crippen molar-refractivity contribution in [2.24, 2.45) is 0 Å². The summed E-state index contributed by atoms with van der Waals surface area (Å²) in [7, 11) is 0. The Kier molecular flexibility index (Phi) is 5.17. The number of halogens is 2. The minimum absolute atomic E-state index is 0.176. The highest BCUT2D eigenvalue weighted by molar-refractivity contribution is 14.1. The predicted octanol–water partition coefficient (Wildman–Crippen LogP) is 3.22. The largest absolute Gasteiger partial charge is 0.481 e. The number of aliphatic carboxylic acids is 1. The fraction of sp³-hybridized carbons (Fsp3) is 0.300. The standard InChI is InChI=1S/C10H11ClINO2/c11-8-6-7(12)3-4-9(8)13-5-1-2-10(14)15/h3-4,6,13H,1-2,5H2,(H,14,15). The van der Waals surface area contributed by atoms with Crippen LogP contribution >= 0.6 is 34.2 Å². The smallest absolute Gasteiger partial charge is 0.303 e. The SMILES string of the molecule is O=C(O)CCCNc1ccc(I)cc1Cl. The normalized spacial score (nSPS) is 10.0. The molecule has 0 radical (unpaired) electrons. The molecule has 0 aliphatic rings. The third kappa shape index (κ3) is 4.70. The maximum absolute atomic E-state index is 10.3. The topological polar surface area (TPSA) is 49.3 Å². The van der Waals surface area contributed by atoms with E-state index in [-0.39, 0.29) is 6.42 Å². The van der Waals surface area contributed by atoms with Gasteiger partial charge in [0.2, 0.25) is 0 Å². The fourth-order valence-corrected chi connectivity index (χ4v) is 2.02. The Labute approximate surface area is 107 Å². The second kappa shape index (κ2) is 6.17. The molecular formula is C10H11ClINO2. The molecule has 0 spiro atoms. The first-order chi connectivity index (χ1) is 7.09. The monoisotopic (exact) mass is 339 g/mol. The van der Waals surface area contributed by atoms with Crippen LogP contribution in [0, 0.1) is 3.57 Å². The van der Waals surface area contributed by atoms with Gasteiger partial charge in [0.25, 0.3) is 0 Å². The van der Waals surface area contributed by atoms with Crippen molar-refractivity contribution >= 4 is 45.8 Å². The Balaban J connectivity index is 2.40. The molecule has 0 unspecified atom stereocenters. The number of rotatable bonds is 5. The Hall–Kier alpha value is -0.490. The van der Waals surface area contributed by atoms with Crippen LogP contribution in [0.4, 0.5) is 5.69 Å². The highest BCUT2D eigenvalue weighted by Gasteiger charge is 2.00. The van der Waals surface area contributed by atoms with Gasteiger partial charge in [0, 0.05) is 16.5 Å². The molecule has 2 N–H and O–H groups in total. The Morgan fingerprint density at radius 3 is 2.87 bits per heavy atom. The van der Waals surface area contributed by atoms with Crippen LogP contribution in [0.2, 0.25) is 5.02 Å². The van der Waals surface area contributed by atoms with Gasteiger partial charge in [-0.05, 0) is 47.2 Å². The predicted molar refractivity (Wildman–Crippen MR) is 69.5 cm³/mol. The van der Waals surface area contributed by atoms with Crippen molar-refractivity contribution in [2.45, 2.75) is 12.8 Å². The fourth-order valence-electron chi connectivity index (χ4n) is 1.10. The van der Waals surface area contributed by atoms with Crippen LogP contribution in [0.1, 0.15) is 12.8 Å². The number of anilines is 1. The van der Waals surface area contributed by atoms with E-state index in [4.69, 9.17) is 16.7 Å². The number of carbonyl (C=O) groups is 1. The molecule has 3 nitrogen and oxygen atoms in total. The molecule has 0 saturated heterocycles. The molecule has 0 aromatic heterocycles. The van der Waals surface area contributed by atoms with Crippen molar-refractivity contribution in [3.63, 3.8) is 0 Å². The Morgan fingerprint density at radius 1 is 1.53 bits per heavy atom. The third-order valence-electron chi connectivity index (χ3n) is 1.81. The van der Waals surface area contributed by atoms with Crippen LogP contribution in [0.5, 0.6) is 0 Å². The summed E-state index contributed by atoms with van der Waals surface area (Å²) < 4.78 is 1.08. The van der Waals surface area contributed by atoms with Crippen molar-refractivity contribution in [2.75, 3.05) is 11.9 Å². The minimum Gasteiger partial charge on any atom is -0.481 e. The molecule has 0 bridgehead atoms. The highest BCUT2D eigenvalue weighted by atomic mass is 127. The van der Waals surface area contributed by atoms with E-state index in [2.05, 4.69) is 27.9 Å². The molecule has 1 rings (SSSR count). The lowest BCUT2D eigenvalue weighted by Crippen LogP contribution is -2.05. The molecule has 0 amide bonds. The lowest BCUT2D eigenvalue weighted by Gasteiger charge is -2.07. The second-order valence-electron chi connectivity index (χ2n) is 3.05. The number of nitrogens with one attached hydrogen (secondary N) is 1. The quantitative estimate of drug-likeness (QED) is 0.640. The first kappa shape index (κ1) is 12.6. The van der Waals surface area contributed by atoms with Gasteiger partial charge < -0.3 is 10.4 Å². The maximum Gasteiger partial charge on any atom is 0.303 e. The van der Waals surface area contributed by atoms with Crippen LogP contribution in [-0.4, -0.2) is 17.6 Å². The Bertz CT molecular complexity index is 357. The van der Waals surface area contributed by atoms with E-state index in [0.29, 0.717) is 18.0 Å². The second-order valence-corrected chi connectivity index (χ2v) is 4.70. The molecule has 0 saturated carbocycles. The summed E-state index contributed by atoms with van der Waals surface area (Å²) >= 11 is 8.17. The summed E-state index contributed by atoms with van der Waals surface area (Å²) in [4.78, 5) is 10.3. The maximum atomic E-state index is 10.3. The van der Waals surface area contributed by atoms with Crippen LogP contribution in [0.3, 0.4) is 0 Å². The van der Waals surface area contributed by atoms with E-state index in [0.717, 1.165) is 9.26 Å². The van der Waals surface area contributed by atoms with Gasteiger partial charge in [0.05, 0.1) is 10.7 Å². The van der Waals surface area contributed by atoms with Gasteiger partial charge in [-0.1, -0.05) is 11.6 Å². The van der Waals surface area contributed by atoms with E-state index in [9.17, 15) is 4.79 Å². The number of carboxylic acid groups (broad SMARTS) is 1. The van der Waals surface area contributed by atoms with Gasteiger partial charge in [0.15, 0.2) is 0 Å². The molecule has 1 aromatic carbocycles. The lowest BCUT2D eigenvalue weighted by molar-refractivity contribution is -0.137. The van der Waals surface area contributed by atoms with Crippen molar-refractivity contribution < 1.29 is 9.90 Å². The van der Waals surface area contributed by atoms with Crippen molar-refractivity contribution in [1.82, 2.24) is 0 Å². The number of hydrogen-bond donors (Lipinski definition) is 2. The summed E-state index contributed by atoms with van der Waals surface area (Å²) in [6, 6.07) is 5.71. The number of carboxylic acids is 1. The van der Waals surface area contributed by atoms with Gasteiger partial charge in [-0.3, -0.25) is 4.79 Å². The average Bonchev–Trinajstić information content (AvgIpc) is 2.14. The highest BCUT2D eigenvalue weighted by Crippen LogP contribution is 2.23. The van der Waals surface area contributed by atoms with E-state index in [1.54, 1.807) is 0 Å². The molecule has 0 heterocycles. The summed E-state index contributed by atoms with van der Waals surface area (Å²) in [6.45, 7) is 0.618. The molecule has 15 heavy (non-hydrogen) atoms. The molecule has 5 heteroatoms. The van der Waals surface area contributed by atoms with E-state index in [1.807, 2.05) is 18.2 Å². The van der Waals surface area contributed by atoms with Gasteiger partial charge in [-0.15, -0.1) is 0 Å². The van der Waals surface area contributed by atoms with Crippen molar-refractivity contribution in [3.8, 4) is 0 Å². The zero-order chi connectivity index (χ0) is 11.3. The van der Waals surface area contributed by atoms with Gasteiger partial charge in [-0.25, -0.2) is 0 Å².